The lowest BCUT2D eigenvalue weighted by Crippen LogP contribution is -2.44. The Morgan fingerprint density at radius 3 is 2.65 bits per heavy atom. The van der Waals surface area contributed by atoms with Crippen LogP contribution in [0.2, 0.25) is 0 Å². The maximum Gasteiger partial charge on any atom is 0.227 e. The van der Waals surface area contributed by atoms with Crippen LogP contribution in [-0.4, -0.2) is 74.2 Å². The maximum absolute atomic E-state index is 12.8. The summed E-state index contributed by atoms with van der Waals surface area (Å²) < 4.78 is 0. The predicted octanol–water partition coefficient (Wildman–Crippen LogP) is 4.83. The fourth-order valence-corrected chi connectivity index (χ4v) is 5.97. The van der Waals surface area contributed by atoms with E-state index in [0.717, 1.165) is 102 Å². The Balaban J connectivity index is 1.19. The molecule has 0 spiro atoms. The Morgan fingerprint density at radius 2 is 1.80 bits per heavy atom. The smallest absolute Gasteiger partial charge is 0.227 e. The summed E-state index contributed by atoms with van der Waals surface area (Å²) in [5.74, 6) is 1.18. The molecular weight excluding hydrogens is 502 g/mol. The maximum atomic E-state index is 12.8. The SMILES string of the molecule is CN1CCN(c2nccc3[nH]c(-c4n[nH]c5cnc(-c6cncc(NC(=O)C7CCCCC7)c6)cc45)cc23)CC1. The molecule has 0 atom stereocenters. The second-order valence-corrected chi connectivity index (χ2v) is 11.0. The number of nitrogens with zero attached hydrogens (tertiary/aromatic N) is 6. The minimum absolute atomic E-state index is 0.0865. The molecule has 0 unspecified atom stereocenters. The lowest BCUT2D eigenvalue weighted by Gasteiger charge is -2.33. The second kappa shape index (κ2) is 10.3. The molecule has 204 valence electrons. The molecule has 1 aliphatic heterocycles. The van der Waals surface area contributed by atoms with Gasteiger partial charge in [0.1, 0.15) is 11.5 Å². The minimum atomic E-state index is 0.0865. The van der Waals surface area contributed by atoms with E-state index in [-0.39, 0.29) is 11.8 Å². The quantitative estimate of drug-likeness (QED) is 0.295. The summed E-state index contributed by atoms with van der Waals surface area (Å²) in [4.78, 5) is 34.8. The molecule has 40 heavy (non-hydrogen) atoms. The van der Waals surface area contributed by atoms with Gasteiger partial charge in [0.15, 0.2) is 0 Å². The molecule has 1 saturated carbocycles. The molecule has 3 N–H and O–H groups in total. The van der Waals surface area contributed by atoms with Crippen molar-refractivity contribution in [1.29, 1.82) is 0 Å². The summed E-state index contributed by atoms with van der Waals surface area (Å²) in [5.41, 5.74) is 5.95. The van der Waals surface area contributed by atoms with Crippen LogP contribution in [0.5, 0.6) is 0 Å². The van der Waals surface area contributed by atoms with Crippen LogP contribution in [0, 0.1) is 5.92 Å². The summed E-state index contributed by atoms with van der Waals surface area (Å²) in [5, 5.41) is 12.9. The molecule has 0 bridgehead atoms. The van der Waals surface area contributed by atoms with Gasteiger partial charge in [-0.15, -0.1) is 0 Å². The van der Waals surface area contributed by atoms with Gasteiger partial charge in [0.05, 0.1) is 40.5 Å². The Morgan fingerprint density at radius 1 is 0.950 bits per heavy atom. The first-order chi connectivity index (χ1) is 19.6. The molecule has 0 radical (unpaired) electrons. The summed E-state index contributed by atoms with van der Waals surface area (Å²) in [6, 6.07) is 8.13. The van der Waals surface area contributed by atoms with E-state index in [0.29, 0.717) is 5.69 Å². The van der Waals surface area contributed by atoms with Gasteiger partial charge in [0.25, 0.3) is 0 Å². The van der Waals surface area contributed by atoms with Gasteiger partial charge >= 0.3 is 0 Å². The van der Waals surface area contributed by atoms with E-state index in [4.69, 9.17) is 4.98 Å². The fraction of sp³-hybridized carbons (Fsp3) is 0.367. The number of aromatic nitrogens is 6. The Labute approximate surface area is 232 Å². The van der Waals surface area contributed by atoms with Gasteiger partial charge in [-0.3, -0.25) is 19.9 Å². The van der Waals surface area contributed by atoms with E-state index >= 15 is 0 Å². The van der Waals surface area contributed by atoms with Gasteiger partial charge in [0, 0.05) is 60.8 Å². The highest BCUT2D eigenvalue weighted by molar-refractivity contribution is 5.99. The predicted molar refractivity (Wildman–Crippen MR) is 157 cm³/mol. The molecule has 10 nitrogen and oxygen atoms in total. The van der Waals surface area contributed by atoms with Crippen molar-refractivity contribution in [3.63, 3.8) is 0 Å². The van der Waals surface area contributed by atoms with Crippen molar-refractivity contribution in [2.45, 2.75) is 32.1 Å². The lowest BCUT2D eigenvalue weighted by molar-refractivity contribution is -0.120. The number of pyridine rings is 3. The summed E-state index contributed by atoms with van der Waals surface area (Å²) in [7, 11) is 2.16. The lowest BCUT2D eigenvalue weighted by atomic mass is 9.88. The summed E-state index contributed by atoms with van der Waals surface area (Å²) >= 11 is 0. The first-order valence-electron chi connectivity index (χ1n) is 14.1. The highest BCUT2D eigenvalue weighted by Crippen LogP contribution is 2.34. The van der Waals surface area contributed by atoms with Gasteiger partial charge < -0.3 is 20.1 Å². The number of hydrogen-bond acceptors (Lipinski definition) is 7. The molecule has 2 fully saturated rings. The van der Waals surface area contributed by atoms with Crippen LogP contribution in [0.25, 0.3) is 44.5 Å². The van der Waals surface area contributed by atoms with Crippen molar-refractivity contribution in [2.75, 3.05) is 43.4 Å². The molecular formula is C30H33N9O. The monoisotopic (exact) mass is 535 g/mol. The highest BCUT2D eigenvalue weighted by atomic mass is 16.1. The first-order valence-corrected chi connectivity index (χ1v) is 14.1. The van der Waals surface area contributed by atoms with Gasteiger partial charge in [0.2, 0.25) is 5.91 Å². The van der Waals surface area contributed by atoms with Crippen LogP contribution in [-0.2, 0) is 4.79 Å². The second-order valence-electron chi connectivity index (χ2n) is 11.0. The number of likely N-dealkylation sites (N-methyl/N-ethyl adjacent to an activating group) is 1. The Kier molecular flexibility index (Phi) is 6.39. The van der Waals surface area contributed by atoms with Gasteiger partial charge in [-0.2, -0.15) is 5.10 Å². The van der Waals surface area contributed by atoms with Crippen LogP contribution in [0.3, 0.4) is 0 Å². The van der Waals surface area contributed by atoms with E-state index in [1.165, 1.54) is 6.42 Å². The minimum Gasteiger partial charge on any atom is -0.353 e. The number of fused-ring (bicyclic) bond motifs is 2. The average Bonchev–Trinajstić information content (AvgIpc) is 3.62. The average molecular weight is 536 g/mol. The van der Waals surface area contributed by atoms with Gasteiger partial charge in [-0.05, 0) is 44.2 Å². The zero-order valence-electron chi connectivity index (χ0n) is 22.7. The third-order valence-corrected chi connectivity index (χ3v) is 8.31. The molecule has 0 aromatic carbocycles. The number of piperazine rings is 1. The van der Waals surface area contributed by atoms with Crippen molar-refractivity contribution in [1.82, 2.24) is 35.0 Å². The normalized spacial score (nSPS) is 17.1. The molecule has 1 saturated heterocycles. The van der Waals surface area contributed by atoms with E-state index in [1.807, 2.05) is 24.4 Å². The molecule has 5 aromatic heterocycles. The molecule has 2 aliphatic rings. The molecule has 10 heteroatoms. The molecule has 6 heterocycles. The number of aromatic amines is 2. The van der Waals surface area contributed by atoms with Crippen LogP contribution < -0.4 is 10.2 Å². The molecule has 1 amide bonds. The van der Waals surface area contributed by atoms with Crippen molar-refractivity contribution in [2.24, 2.45) is 5.92 Å². The number of carbonyl (C=O) groups excluding carboxylic acids is 1. The number of amides is 1. The summed E-state index contributed by atoms with van der Waals surface area (Å²) in [6.45, 7) is 3.96. The fourth-order valence-electron chi connectivity index (χ4n) is 5.97. The van der Waals surface area contributed by atoms with Crippen molar-refractivity contribution in [3.05, 3.63) is 49.1 Å². The number of nitrogens with one attached hydrogen (secondary N) is 3. The van der Waals surface area contributed by atoms with Crippen molar-refractivity contribution >= 4 is 39.2 Å². The van der Waals surface area contributed by atoms with Crippen molar-refractivity contribution in [3.8, 4) is 22.6 Å². The molecule has 1 aliphatic carbocycles. The van der Waals surface area contributed by atoms with Gasteiger partial charge in [-0.25, -0.2) is 4.98 Å². The number of rotatable bonds is 5. The van der Waals surface area contributed by atoms with Crippen LogP contribution >= 0.6 is 0 Å². The Bertz CT molecular complexity index is 1680. The standard InChI is InChI=1S/C30H33N9O/c1-38-9-11-39(12-10-38)29-23-15-26(35-24(23)7-8-32-29)28-22-14-25(33-18-27(22)36-37-28)20-13-21(17-31-16-20)34-30(40)19-5-3-2-4-6-19/h7-8,13-19,35H,2-6,9-12H2,1H3,(H,34,40)(H,36,37). The van der Waals surface area contributed by atoms with Gasteiger partial charge in [-0.1, -0.05) is 19.3 Å². The zero-order chi connectivity index (χ0) is 27.1. The Hall–Kier alpha value is -4.31. The van der Waals surface area contributed by atoms with E-state index < -0.39 is 0 Å². The van der Waals surface area contributed by atoms with Crippen LogP contribution in [0.15, 0.2) is 49.1 Å². The number of anilines is 2. The molecule has 5 aromatic rings. The topological polar surface area (TPSA) is 119 Å². The van der Waals surface area contributed by atoms with Crippen LogP contribution in [0.4, 0.5) is 11.5 Å². The number of H-pyrrole nitrogens is 2. The van der Waals surface area contributed by atoms with Crippen molar-refractivity contribution < 1.29 is 4.79 Å². The molecule has 7 rings (SSSR count). The van der Waals surface area contributed by atoms with E-state index in [2.05, 4.69) is 53.4 Å². The largest absolute Gasteiger partial charge is 0.353 e. The van der Waals surface area contributed by atoms with Crippen LogP contribution in [0.1, 0.15) is 32.1 Å². The van der Waals surface area contributed by atoms with E-state index in [1.54, 1.807) is 18.6 Å². The third kappa shape index (κ3) is 4.68. The summed E-state index contributed by atoms with van der Waals surface area (Å²) in [6.07, 6.45) is 12.5. The highest BCUT2D eigenvalue weighted by Gasteiger charge is 2.22. The number of hydrogen-bond donors (Lipinski definition) is 3. The first kappa shape index (κ1) is 24.7. The third-order valence-electron chi connectivity index (χ3n) is 8.31. The zero-order valence-corrected chi connectivity index (χ0v) is 22.7. The number of carbonyl (C=O) groups is 1. The van der Waals surface area contributed by atoms with E-state index in [9.17, 15) is 4.79 Å².